The molecule has 0 radical (unpaired) electrons. The van der Waals surface area contributed by atoms with Crippen molar-refractivity contribution in [3.8, 4) is 10.4 Å². The fourth-order valence-electron chi connectivity index (χ4n) is 4.23. The summed E-state index contributed by atoms with van der Waals surface area (Å²) in [6.07, 6.45) is -0.0265. The molecule has 1 fully saturated rings. The van der Waals surface area contributed by atoms with E-state index in [4.69, 9.17) is 16.3 Å². The van der Waals surface area contributed by atoms with Gasteiger partial charge in [-0.05, 0) is 41.8 Å². The lowest BCUT2D eigenvalue weighted by Gasteiger charge is -2.24. The summed E-state index contributed by atoms with van der Waals surface area (Å²) in [5, 5.41) is 13.5. The third kappa shape index (κ3) is 4.85. The van der Waals surface area contributed by atoms with Gasteiger partial charge in [0.25, 0.3) is 10.0 Å². The summed E-state index contributed by atoms with van der Waals surface area (Å²) in [5.41, 5.74) is -1.61. The van der Waals surface area contributed by atoms with Crippen LogP contribution in [0.4, 0.5) is 0 Å². The molecule has 184 valence electrons. The number of benzene rings is 2. The van der Waals surface area contributed by atoms with E-state index in [9.17, 15) is 23.1 Å². The lowest BCUT2D eigenvalue weighted by molar-refractivity contribution is -0.141. The van der Waals surface area contributed by atoms with Crippen LogP contribution in [0, 0.1) is 0 Å². The van der Waals surface area contributed by atoms with Gasteiger partial charge in [0.05, 0.1) is 0 Å². The lowest BCUT2D eigenvalue weighted by atomic mass is 9.90. The monoisotopic (exact) mass is 534 g/mol. The molecule has 2 aromatic carbocycles. The van der Waals surface area contributed by atoms with E-state index in [1.807, 2.05) is 0 Å². The first-order chi connectivity index (χ1) is 16.6. The van der Waals surface area contributed by atoms with Crippen LogP contribution in [-0.2, 0) is 29.8 Å². The zero-order valence-corrected chi connectivity index (χ0v) is 21.0. The molecule has 11 heteroatoms. The molecule has 3 N–H and O–H groups in total. The van der Waals surface area contributed by atoms with Crippen LogP contribution in [0.25, 0.3) is 10.4 Å². The molecular formula is C24H23ClN2O6S2. The topological polar surface area (TPSA) is 122 Å². The van der Waals surface area contributed by atoms with Gasteiger partial charge >= 0.3 is 5.97 Å². The van der Waals surface area contributed by atoms with E-state index in [1.54, 1.807) is 60.7 Å². The molecule has 1 aliphatic carbocycles. The summed E-state index contributed by atoms with van der Waals surface area (Å²) in [5.74, 6) is -1.75. The van der Waals surface area contributed by atoms with Crippen LogP contribution in [-0.4, -0.2) is 51.2 Å². The van der Waals surface area contributed by atoms with Gasteiger partial charge in [-0.1, -0.05) is 54.1 Å². The smallest absolute Gasteiger partial charge is 0.325 e. The first kappa shape index (κ1) is 25.3. The number of thiophene rings is 1. The van der Waals surface area contributed by atoms with Crippen molar-refractivity contribution in [3.05, 3.63) is 77.3 Å². The van der Waals surface area contributed by atoms with Crippen molar-refractivity contribution in [3.63, 3.8) is 0 Å². The molecule has 1 heterocycles. The van der Waals surface area contributed by atoms with Gasteiger partial charge in [0.2, 0.25) is 5.91 Å². The molecular weight excluding hydrogens is 512 g/mol. The highest BCUT2D eigenvalue weighted by atomic mass is 35.5. The summed E-state index contributed by atoms with van der Waals surface area (Å²) >= 11 is 6.96. The number of methoxy groups -OCH3 is 1. The van der Waals surface area contributed by atoms with Crippen molar-refractivity contribution in [1.82, 2.24) is 10.0 Å². The second-order valence-electron chi connectivity index (χ2n) is 8.28. The number of carboxylic acids is 1. The quantitative estimate of drug-likeness (QED) is 0.367. The largest absolute Gasteiger partial charge is 0.480 e. The molecule has 8 nitrogen and oxygen atoms in total. The predicted octanol–water partition coefficient (Wildman–Crippen LogP) is 3.27. The van der Waals surface area contributed by atoms with Crippen LogP contribution >= 0.6 is 22.9 Å². The summed E-state index contributed by atoms with van der Waals surface area (Å²) in [6.45, 7) is -0.270. The van der Waals surface area contributed by atoms with Crippen molar-refractivity contribution in [2.24, 2.45) is 0 Å². The Labute approximate surface area is 211 Å². The minimum Gasteiger partial charge on any atom is -0.480 e. The van der Waals surface area contributed by atoms with Gasteiger partial charge in [-0.25, -0.2) is 8.42 Å². The van der Waals surface area contributed by atoms with Crippen LogP contribution in [0.1, 0.15) is 12.0 Å². The zero-order valence-electron chi connectivity index (χ0n) is 18.7. The van der Waals surface area contributed by atoms with E-state index >= 15 is 0 Å². The average Bonchev–Trinajstić information content (AvgIpc) is 3.21. The van der Waals surface area contributed by atoms with Crippen molar-refractivity contribution in [2.75, 3.05) is 20.3 Å². The molecule has 0 spiro atoms. The van der Waals surface area contributed by atoms with Gasteiger partial charge in [-0.2, -0.15) is 4.72 Å². The summed E-state index contributed by atoms with van der Waals surface area (Å²) < 4.78 is 34.0. The maximum Gasteiger partial charge on any atom is 0.325 e. The first-order valence-electron chi connectivity index (χ1n) is 10.6. The van der Waals surface area contributed by atoms with Gasteiger partial charge < -0.3 is 15.2 Å². The molecule has 1 amide bonds. The minimum atomic E-state index is -4.20. The summed E-state index contributed by atoms with van der Waals surface area (Å²) in [7, 11) is -2.83. The van der Waals surface area contributed by atoms with Crippen molar-refractivity contribution < 1.29 is 27.9 Å². The van der Waals surface area contributed by atoms with Crippen LogP contribution in [0.2, 0.25) is 5.02 Å². The highest BCUT2D eigenvalue weighted by Gasteiger charge is 2.74. The zero-order chi connectivity index (χ0) is 25.3. The highest BCUT2D eigenvalue weighted by Crippen LogP contribution is 2.58. The van der Waals surface area contributed by atoms with Gasteiger partial charge in [-0.15, -0.1) is 11.3 Å². The number of carbonyl (C=O) groups is 2. The minimum absolute atomic E-state index is 0.0136. The van der Waals surface area contributed by atoms with E-state index < -0.39 is 32.9 Å². The second-order valence-corrected chi connectivity index (χ2v) is 11.7. The van der Waals surface area contributed by atoms with Crippen LogP contribution in [0.15, 0.2) is 70.9 Å². The number of hydrogen-bond acceptors (Lipinski definition) is 6. The number of sulfonamides is 1. The van der Waals surface area contributed by atoms with E-state index in [0.29, 0.717) is 15.5 Å². The van der Waals surface area contributed by atoms with Gasteiger partial charge in [0.1, 0.15) is 16.4 Å². The van der Waals surface area contributed by atoms with E-state index in [1.165, 1.54) is 13.2 Å². The van der Waals surface area contributed by atoms with Crippen LogP contribution in [0.5, 0.6) is 0 Å². The molecule has 0 bridgehead atoms. The Morgan fingerprint density at radius 3 is 2.40 bits per heavy atom. The molecule has 4 rings (SSSR count). The lowest BCUT2D eigenvalue weighted by Crippen LogP contribution is -2.51. The molecule has 35 heavy (non-hydrogen) atoms. The van der Waals surface area contributed by atoms with Crippen molar-refractivity contribution in [2.45, 2.75) is 21.6 Å². The molecule has 3 aromatic rings. The van der Waals surface area contributed by atoms with E-state index in [2.05, 4.69) is 10.0 Å². The number of ether oxygens (including phenoxy) is 1. The van der Waals surface area contributed by atoms with E-state index in [-0.39, 0.29) is 23.8 Å². The van der Waals surface area contributed by atoms with Crippen molar-refractivity contribution in [1.29, 1.82) is 0 Å². The Morgan fingerprint density at radius 1 is 1.09 bits per heavy atom. The Morgan fingerprint density at radius 2 is 1.77 bits per heavy atom. The number of carbonyl (C=O) groups excluding carboxylic acids is 1. The number of nitrogens with one attached hydrogen (secondary N) is 2. The van der Waals surface area contributed by atoms with Crippen LogP contribution in [0.3, 0.4) is 0 Å². The Hall–Kier alpha value is -2.76. The third-order valence-electron chi connectivity index (χ3n) is 6.10. The number of aliphatic carboxylic acids is 1. The maximum absolute atomic E-state index is 13.4. The van der Waals surface area contributed by atoms with Gasteiger partial charge in [0, 0.05) is 29.0 Å². The number of carboxylic acid groups (broad SMARTS) is 1. The molecule has 2 atom stereocenters. The average molecular weight is 535 g/mol. The predicted molar refractivity (Wildman–Crippen MR) is 133 cm³/mol. The Bertz CT molecular complexity index is 1340. The molecule has 1 aromatic heterocycles. The molecule has 0 unspecified atom stereocenters. The molecule has 1 saturated carbocycles. The number of rotatable bonds is 10. The fraction of sp³-hybridized carbons (Fsp3) is 0.250. The number of hydrogen-bond donors (Lipinski definition) is 3. The van der Waals surface area contributed by atoms with E-state index in [0.717, 1.165) is 16.9 Å². The van der Waals surface area contributed by atoms with Gasteiger partial charge in [0.15, 0.2) is 0 Å². The normalized spacial score (nSPS) is 21.4. The molecule has 0 saturated heterocycles. The third-order valence-corrected chi connectivity index (χ3v) is 9.47. The maximum atomic E-state index is 13.4. The Balaban J connectivity index is 1.66. The SMILES string of the molecule is COCC(=O)NC[C@@]1(c2ccccc2)C[C@]1(NS(=O)(=O)c1ccc(-c2ccc(Cl)cc2)s1)C(=O)O. The fourth-order valence-corrected chi connectivity index (χ4v) is 7.10. The van der Waals surface area contributed by atoms with Crippen LogP contribution < -0.4 is 10.0 Å². The number of amides is 1. The molecule has 1 aliphatic rings. The standard InChI is InChI=1S/C24H23ClN2O6S2/c1-33-13-20(28)26-15-23(17-5-3-2-4-6-17)14-24(23,22(29)30)27-35(31,32)21-12-11-19(34-21)16-7-9-18(25)10-8-16/h2-12,27H,13-15H2,1H3,(H,26,28)(H,29,30)/t23-,24+/m1/s1. The van der Waals surface area contributed by atoms with Gasteiger partial charge in [-0.3, -0.25) is 9.59 Å². The number of halogens is 1. The summed E-state index contributed by atoms with van der Waals surface area (Å²) in [4.78, 5) is 25.3. The highest BCUT2D eigenvalue weighted by molar-refractivity contribution is 7.91. The second kappa shape index (κ2) is 9.71. The first-order valence-corrected chi connectivity index (χ1v) is 13.3. The molecule has 0 aliphatic heterocycles. The Kier molecular flexibility index (Phi) is 7.03. The summed E-state index contributed by atoms with van der Waals surface area (Å²) in [6, 6.07) is 18.8. The van der Waals surface area contributed by atoms with Crippen molar-refractivity contribution >= 4 is 44.8 Å².